The normalized spacial score (nSPS) is 14.4. The SMILES string of the molecule is CCOC(=O)C(C)C(C)(C)C(C)(C)[N+](=O)[O-]. The number of carbonyl (C=O) groups is 1. The van der Waals surface area contributed by atoms with E-state index in [1.54, 1.807) is 27.7 Å². The molecular weight excluding hydrogens is 210 g/mol. The molecule has 94 valence electrons. The molecule has 0 rings (SSSR count). The zero-order valence-corrected chi connectivity index (χ0v) is 10.9. The number of nitrogens with zero attached hydrogens (tertiary/aromatic N) is 1. The van der Waals surface area contributed by atoms with Crippen LogP contribution in [0.25, 0.3) is 0 Å². The van der Waals surface area contributed by atoms with Crippen molar-refractivity contribution in [3.63, 3.8) is 0 Å². The van der Waals surface area contributed by atoms with Crippen LogP contribution in [-0.4, -0.2) is 23.0 Å². The van der Waals surface area contributed by atoms with Gasteiger partial charge in [-0.15, -0.1) is 0 Å². The minimum absolute atomic E-state index is 0.290. The number of carbonyl (C=O) groups excluding carboxylic acids is 1. The molecule has 0 aromatic rings. The largest absolute Gasteiger partial charge is 0.466 e. The average molecular weight is 231 g/mol. The van der Waals surface area contributed by atoms with Crippen LogP contribution < -0.4 is 0 Å². The minimum atomic E-state index is -1.18. The van der Waals surface area contributed by atoms with Gasteiger partial charge in [0.05, 0.1) is 12.5 Å². The smallest absolute Gasteiger partial charge is 0.309 e. The Labute approximate surface area is 96.3 Å². The van der Waals surface area contributed by atoms with Crippen molar-refractivity contribution in [3.8, 4) is 0 Å². The fourth-order valence-corrected chi connectivity index (χ4v) is 1.33. The van der Waals surface area contributed by atoms with Crippen LogP contribution in [-0.2, 0) is 9.53 Å². The van der Waals surface area contributed by atoms with E-state index in [0.717, 1.165) is 0 Å². The Bertz CT molecular complexity index is 284. The third-order valence-corrected chi connectivity index (χ3v) is 3.76. The summed E-state index contributed by atoms with van der Waals surface area (Å²) >= 11 is 0. The van der Waals surface area contributed by atoms with Gasteiger partial charge in [0.25, 0.3) is 0 Å². The Morgan fingerprint density at radius 1 is 1.38 bits per heavy atom. The van der Waals surface area contributed by atoms with Crippen molar-refractivity contribution < 1.29 is 14.5 Å². The highest BCUT2D eigenvalue weighted by Gasteiger charge is 2.53. The van der Waals surface area contributed by atoms with E-state index in [9.17, 15) is 14.9 Å². The summed E-state index contributed by atoms with van der Waals surface area (Å²) in [6.45, 7) is 10.2. The Morgan fingerprint density at radius 2 is 1.81 bits per heavy atom. The minimum Gasteiger partial charge on any atom is -0.466 e. The molecule has 0 spiro atoms. The first-order chi connectivity index (χ1) is 7.09. The Morgan fingerprint density at radius 3 is 2.12 bits per heavy atom. The van der Waals surface area contributed by atoms with E-state index in [1.807, 2.05) is 0 Å². The lowest BCUT2D eigenvalue weighted by Crippen LogP contribution is -2.51. The highest BCUT2D eigenvalue weighted by Crippen LogP contribution is 2.40. The van der Waals surface area contributed by atoms with Gasteiger partial charge in [-0.2, -0.15) is 0 Å². The van der Waals surface area contributed by atoms with Crippen LogP contribution in [0.2, 0.25) is 0 Å². The average Bonchev–Trinajstić information content (AvgIpc) is 2.16. The predicted molar refractivity (Wildman–Crippen MR) is 60.7 cm³/mol. The molecule has 0 fully saturated rings. The maximum absolute atomic E-state index is 11.6. The lowest BCUT2D eigenvalue weighted by Gasteiger charge is -2.37. The Balaban J connectivity index is 5.04. The van der Waals surface area contributed by atoms with Gasteiger partial charge in [0.15, 0.2) is 0 Å². The van der Waals surface area contributed by atoms with Crippen LogP contribution in [0.4, 0.5) is 0 Å². The lowest BCUT2D eigenvalue weighted by molar-refractivity contribution is -0.582. The Hall–Kier alpha value is -1.13. The second-order valence-corrected chi connectivity index (χ2v) is 5.01. The number of hydrogen-bond acceptors (Lipinski definition) is 4. The fraction of sp³-hybridized carbons (Fsp3) is 0.909. The van der Waals surface area contributed by atoms with Crippen molar-refractivity contribution in [1.29, 1.82) is 0 Å². The van der Waals surface area contributed by atoms with E-state index in [4.69, 9.17) is 4.74 Å². The van der Waals surface area contributed by atoms with Crippen molar-refractivity contribution in [2.45, 2.75) is 47.1 Å². The van der Waals surface area contributed by atoms with Crippen molar-refractivity contribution in [2.75, 3.05) is 6.61 Å². The van der Waals surface area contributed by atoms with Crippen LogP contribution in [0, 0.1) is 21.4 Å². The van der Waals surface area contributed by atoms with Crippen LogP contribution in [0.5, 0.6) is 0 Å². The number of esters is 1. The molecule has 0 saturated carbocycles. The van der Waals surface area contributed by atoms with Crippen LogP contribution >= 0.6 is 0 Å². The highest BCUT2D eigenvalue weighted by molar-refractivity contribution is 5.73. The first-order valence-corrected chi connectivity index (χ1v) is 5.40. The molecule has 16 heavy (non-hydrogen) atoms. The van der Waals surface area contributed by atoms with Crippen molar-refractivity contribution in [2.24, 2.45) is 11.3 Å². The molecule has 0 bridgehead atoms. The second-order valence-electron chi connectivity index (χ2n) is 5.01. The summed E-state index contributed by atoms with van der Waals surface area (Å²) in [7, 11) is 0. The molecule has 1 unspecified atom stereocenters. The van der Waals surface area contributed by atoms with E-state index in [2.05, 4.69) is 0 Å². The van der Waals surface area contributed by atoms with Crippen LogP contribution in [0.1, 0.15) is 41.5 Å². The molecule has 0 saturated heterocycles. The van der Waals surface area contributed by atoms with Crippen LogP contribution in [0.15, 0.2) is 0 Å². The van der Waals surface area contributed by atoms with Gasteiger partial charge in [-0.25, -0.2) is 0 Å². The summed E-state index contributed by atoms with van der Waals surface area (Å²) < 4.78 is 4.90. The van der Waals surface area contributed by atoms with E-state index in [1.165, 1.54) is 13.8 Å². The molecule has 0 amide bonds. The van der Waals surface area contributed by atoms with E-state index < -0.39 is 16.9 Å². The van der Waals surface area contributed by atoms with E-state index >= 15 is 0 Å². The summed E-state index contributed by atoms with van der Waals surface area (Å²) in [5.41, 5.74) is -1.96. The third-order valence-electron chi connectivity index (χ3n) is 3.76. The van der Waals surface area contributed by atoms with E-state index in [-0.39, 0.29) is 17.5 Å². The molecule has 0 aromatic carbocycles. The number of ether oxygens (including phenoxy) is 1. The van der Waals surface area contributed by atoms with Gasteiger partial charge in [0.1, 0.15) is 0 Å². The van der Waals surface area contributed by atoms with Gasteiger partial charge in [-0.3, -0.25) is 14.9 Å². The molecule has 0 heterocycles. The monoisotopic (exact) mass is 231 g/mol. The standard InChI is InChI=1S/C11H21NO4/c1-7-16-9(13)8(2)10(3,4)11(5,6)12(14)15/h8H,7H2,1-6H3. The molecule has 1 atom stereocenters. The zero-order valence-electron chi connectivity index (χ0n) is 10.9. The fourth-order valence-electron chi connectivity index (χ4n) is 1.33. The second kappa shape index (κ2) is 4.80. The molecule has 0 aromatic heterocycles. The molecule has 0 N–H and O–H groups in total. The molecule has 5 nitrogen and oxygen atoms in total. The maximum Gasteiger partial charge on any atom is 0.309 e. The third kappa shape index (κ3) is 2.51. The van der Waals surface area contributed by atoms with Gasteiger partial charge < -0.3 is 4.74 Å². The van der Waals surface area contributed by atoms with Crippen molar-refractivity contribution in [1.82, 2.24) is 0 Å². The number of nitro groups is 1. The molecular formula is C11H21NO4. The van der Waals surface area contributed by atoms with Gasteiger partial charge in [0, 0.05) is 24.2 Å². The van der Waals surface area contributed by atoms with Crippen molar-refractivity contribution in [3.05, 3.63) is 10.1 Å². The predicted octanol–water partition coefficient (Wildman–Crippen LogP) is 2.27. The first kappa shape index (κ1) is 14.9. The highest BCUT2D eigenvalue weighted by atomic mass is 16.6. The van der Waals surface area contributed by atoms with Gasteiger partial charge in [-0.1, -0.05) is 20.8 Å². The number of rotatable bonds is 5. The van der Waals surface area contributed by atoms with Gasteiger partial charge >= 0.3 is 5.97 Å². The first-order valence-electron chi connectivity index (χ1n) is 5.40. The van der Waals surface area contributed by atoms with Gasteiger partial charge in [0.2, 0.25) is 5.54 Å². The summed E-state index contributed by atoms with van der Waals surface area (Å²) in [4.78, 5) is 22.3. The van der Waals surface area contributed by atoms with Crippen molar-refractivity contribution >= 4 is 5.97 Å². The topological polar surface area (TPSA) is 69.4 Å². The number of hydrogen-bond donors (Lipinski definition) is 0. The molecule has 0 aliphatic rings. The molecule has 0 radical (unpaired) electrons. The quantitative estimate of drug-likeness (QED) is 0.413. The maximum atomic E-state index is 11.6. The van der Waals surface area contributed by atoms with Gasteiger partial charge in [-0.05, 0) is 6.92 Å². The Kier molecular flexibility index (Phi) is 4.46. The lowest BCUT2D eigenvalue weighted by atomic mass is 9.67. The zero-order chi connectivity index (χ0) is 13.1. The van der Waals surface area contributed by atoms with Crippen LogP contribution in [0.3, 0.4) is 0 Å². The summed E-state index contributed by atoms with van der Waals surface area (Å²) in [5.74, 6) is -0.907. The summed E-state index contributed by atoms with van der Waals surface area (Å²) in [5, 5.41) is 11.0. The summed E-state index contributed by atoms with van der Waals surface area (Å²) in [6, 6.07) is 0. The molecule has 5 heteroatoms. The van der Waals surface area contributed by atoms with E-state index in [0.29, 0.717) is 0 Å². The molecule has 0 aliphatic heterocycles. The summed E-state index contributed by atoms with van der Waals surface area (Å²) in [6.07, 6.45) is 0. The molecule has 0 aliphatic carbocycles.